The third-order valence-electron chi connectivity index (χ3n) is 0.544. The topological polar surface area (TPSA) is 52.0 Å². The minimum atomic E-state index is 0.826. The standard InChI is InChI=1S/C5H10N2/c6-4-2-1-3-5-7/h2-5H,1,6-7H2/b4-2-,5-3-. The highest BCUT2D eigenvalue weighted by Crippen LogP contribution is 1.78. The molecule has 0 aliphatic rings. The van der Waals surface area contributed by atoms with Crippen molar-refractivity contribution in [2.45, 2.75) is 6.42 Å². The van der Waals surface area contributed by atoms with Crippen molar-refractivity contribution in [1.29, 1.82) is 0 Å². The van der Waals surface area contributed by atoms with Gasteiger partial charge in [0, 0.05) is 0 Å². The molecule has 0 saturated heterocycles. The average Bonchev–Trinajstić information content (AvgIpc) is 1.69. The van der Waals surface area contributed by atoms with Crippen molar-refractivity contribution in [3.05, 3.63) is 24.6 Å². The quantitative estimate of drug-likeness (QED) is 0.522. The normalized spacial score (nSPS) is 11.4. The molecule has 0 radical (unpaired) electrons. The van der Waals surface area contributed by atoms with Crippen LogP contribution in [-0.4, -0.2) is 0 Å². The highest BCUT2D eigenvalue weighted by molar-refractivity contribution is 4.87. The van der Waals surface area contributed by atoms with Crippen LogP contribution in [0.2, 0.25) is 0 Å². The van der Waals surface area contributed by atoms with Gasteiger partial charge in [-0.25, -0.2) is 0 Å². The van der Waals surface area contributed by atoms with E-state index in [0.717, 1.165) is 6.42 Å². The van der Waals surface area contributed by atoms with E-state index >= 15 is 0 Å². The lowest BCUT2D eigenvalue weighted by Crippen LogP contribution is -1.76. The van der Waals surface area contributed by atoms with Crippen LogP contribution in [0.5, 0.6) is 0 Å². The Hall–Kier alpha value is -0.920. The Morgan fingerprint density at radius 2 is 1.43 bits per heavy atom. The monoisotopic (exact) mass is 98.1 g/mol. The lowest BCUT2D eigenvalue weighted by Gasteiger charge is -1.74. The first-order valence-corrected chi connectivity index (χ1v) is 2.15. The van der Waals surface area contributed by atoms with Gasteiger partial charge in [-0.15, -0.1) is 0 Å². The molecule has 0 amide bonds. The molecule has 0 spiro atoms. The molecule has 0 rings (SSSR count). The summed E-state index contributed by atoms with van der Waals surface area (Å²) in [5, 5.41) is 0. The second kappa shape index (κ2) is 5.08. The van der Waals surface area contributed by atoms with Crippen LogP contribution in [0.1, 0.15) is 6.42 Å². The molecule has 0 atom stereocenters. The summed E-state index contributed by atoms with van der Waals surface area (Å²) in [4.78, 5) is 0. The van der Waals surface area contributed by atoms with Gasteiger partial charge in [0.1, 0.15) is 0 Å². The van der Waals surface area contributed by atoms with Gasteiger partial charge >= 0.3 is 0 Å². The van der Waals surface area contributed by atoms with Crippen LogP contribution in [0.4, 0.5) is 0 Å². The predicted molar refractivity (Wildman–Crippen MR) is 31.3 cm³/mol. The number of hydrogen-bond acceptors (Lipinski definition) is 2. The van der Waals surface area contributed by atoms with E-state index in [1.807, 2.05) is 12.2 Å². The zero-order chi connectivity index (χ0) is 5.54. The van der Waals surface area contributed by atoms with Gasteiger partial charge in [-0.1, -0.05) is 12.2 Å². The molecule has 2 heteroatoms. The minimum absolute atomic E-state index is 0.826. The molecule has 0 aromatic rings. The Morgan fingerprint density at radius 1 is 1.00 bits per heavy atom. The first-order valence-electron chi connectivity index (χ1n) is 2.15. The predicted octanol–water partition coefficient (Wildman–Crippen LogP) is 0.321. The maximum absolute atomic E-state index is 5.01. The van der Waals surface area contributed by atoms with Crippen molar-refractivity contribution >= 4 is 0 Å². The van der Waals surface area contributed by atoms with Gasteiger partial charge in [-0.3, -0.25) is 0 Å². The van der Waals surface area contributed by atoms with Gasteiger partial charge < -0.3 is 11.5 Å². The number of nitrogens with two attached hydrogens (primary N) is 2. The molecule has 4 N–H and O–H groups in total. The van der Waals surface area contributed by atoms with Crippen molar-refractivity contribution in [2.24, 2.45) is 11.5 Å². The van der Waals surface area contributed by atoms with Crippen LogP contribution >= 0.6 is 0 Å². The Labute approximate surface area is 43.5 Å². The summed E-state index contributed by atoms with van der Waals surface area (Å²) in [6.07, 6.45) is 7.47. The molecule has 0 heterocycles. The van der Waals surface area contributed by atoms with Crippen LogP contribution < -0.4 is 11.5 Å². The fraction of sp³-hybridized carbons (Fsp3) is 0.200. The summed E-state index contributed by atoms with van der Waals surface area (Å²) in [5.41, 5.74) is 10.0. The van der Waals surface area contributed by atoms with Crippen molar-refractivity contribution in [3.8, 4) is 0 Å². The van der Waals surface area contributed by atoms with Gasteiger partial charge in [0.05, 0.1) is 0 Å². The Kier molecular flexibility index (Phi) is 4.41. The van der Waals surface area contributed by atoms with Crippen molar-refractivity contribution in [3.63, 3.8) is 0 Å². The fourth-order valence-electron chi connectivity index (χ4n) is 0.236. The number of allylic oxidation sites excluding steroid dienone is 2. The average molecular weight is 98.1 g/mol. The maximum Gasteiger partial charge on any atom is -0.00999 e. The van der Waals surface area contributed by atoms with Gasteiger partial charge in [-0.05, 0) is 18.8 Å². The lowest BCUT2D eigenvalue weighted by atomic mass is 10.4. The summed E-state index contributed by atoms with van der Waals surface area (Å²) >= 11 is 0. The van der Waals surface area contributed by atoms with E-state index in [0.29, 0.717) is 0 Å². The molecule has 0 aliphatic heterocycles. The molecule has 2 nitrogen and oxygen atoms in total. The van der Waals surface area contributed by atoms with Crippen LogP contribution in [0.15, 0.2) is 24.6 Å². The van der Waals surface area contributed by atoms with E-state index in [9.17, 15) is 0 Å². The second-order valence-electron chi connectivity index (χ2n) is 1.09. The van der Waals surface area contributed by atoms with Crippen LogP contribution in [-0.2, 0) is 0 Å². The summed E-state index contributed by atoms with van der Waals surface area (Å²) < 4.78 is 0. The third kappa shape index (κ3) is 5.08. The molecule has 0 aromatic carbocycles. The van der Waals surface area contributed by atoms with E-state index in [4.69, 9.17) is 11.5 Å². The lowest BCUT2D eigenvalue weighted by molar-refractivity contribution is 1.34. The SMILES string of the molecule is N/C=C\C/C=C\N. The zero-order valence-corrected chi connectivity index (χ0v) is 4.17. The fourth-order valence-corrected chi connectivity index (χ4v) is 0.236. The first-order chi connectivity index (χ1) is 3.41. The molecule has 0 bridgehead atoms. The summed E-state index contributed by atoms with van der Waals surface area (Å²) in [5.74, 6) is 0. The van der Waals surface area contributed by atoms with Gasteiger partial charge in [-0.2, -0.15) is 0 Å². The highest BCUT2D eigenvalue weighted by atomic mass is 14.5. The van der Waals surface area contributed by atoms with Gasteiger partial charge in [0.2, 0.25) is 0 Å². The summed E-state index contributed by atoms with van der Waals surface area (Å²) in [7, 11) is 0. The highest BCUT2D eigenvalue weighted by Gasteiger charge is 1.61. The molecule has 40 valence electrons. The maximum atomic E-state index is 5.01. The van der Waals surface area contributed by atoms with Crippen molar-refractivity contribution < 1.29 is 0 Å². The zero-order valence-electron chi connectivity index (χ0n) is 4.17. The molecule has 0 aromatic heterocycles. The van der Waals surface area contributed by atoms with Gasteiger partial charge in [0.15, 0.2) is 0 Å². The Morgan fingerprint density at radius 3 is 1.71 bits per heavy atom. The summed E-state index contributed by atoms with van der Waals surface area (Å²) in [6, 6.07) is 0. The summed E-state index contributed by atoms with van der Waals surface area (Å²) in [6.45, 7) is 0. The smallest absolute Gasteiger partial charge is 0.00999 e. The van der Waals surface area contributed by atoms with E-state index in [2.05, 4.69) is 0 Å². The first kappa shape index (κ1) is 6.08. The van der Waals surface area contributed by atoms with Crippen molar-refractivity contribution in [1.82, 2.24) is 0 Å². The van der Waals surface area contributed by atoms with Gasteiger partial charge in [0.25, 0.3) is 0 Å². The molecule has 0 saturated carbocycles. The van der Waals surface area contributed by atoms with Crippen LogP contribution in [0.25, 0.3) is 0 Å². The molecule has 0 fully saturated rings. The largest absolute Gasteiger partial charge is 0.405 e. The van der Waals surface area contributed by atoms with Crippen LogP contribution in [0.3, 0.4) is 0 Å². The number of rotatable bonds is 2. The number of hydrogen-bond donors (Lipinski definition) is 2. The molecular formula is C5H10N2. The second-order valence-corrected chi connectivity index (χ2v) is 1.09. The molecule has 7 heavy (non-hydrogen) atoms. The third-order valence-corrected chi connectivity index (χ3v) is 0.544. The minimum Gasteiger partial charge on any atom is -0.405 e. The van der Waals surface area contributed by atoms with Crippen LogP contribution in [0, 0.1) is 0 Å². The molecular weight excluding hydrogens is 88.1 g/mol. The Bertz CT molecular complexity index is 64.1. The molecule has 0 unspecified atom stereocenters. The molecule has 0 aliphatic carbocycles. The Balaban J connectivity index is 2.98. The van der Waals surface area contributed by atoms with Crippen molar-refractivity contribution in [2.75, 3.05) is 0 Å². The van der Waals surface area contributed by atoms with E-state index in [1.165, 1.54) is 12.4 Å². The van der Waals surface area contributed by atoms with E-state index in [-0.39, 0.29) is 0 Å². The van der Waals surface area contributed by atoms with E-state index in [1.54, 1.807) is 0 Å². The van der Waals surface area contributed by atoms with E-state index < -0.39 is 0 Å².